The molecule has 0 fully saturated rings. The summed E-state index contributed by atoms with van der Waals surface area (Å²) in [4.78, 5) is 3.89. The number of nitrogens with zero attached hydrogens (tertiary/aromatic N) is 1. The SMILES string of the molecule is Cc1ncc(C(O)CCCN)o1. The van der Waals surface area contributed by atoms with Crippen LogP contribution < -0.4 is 5.73 Å². The molecular weight excluding hydrogens is 156 g/mol. The van der Waals surface area contributed by atoms with Crippen molar-refractivity contribution in [2.75, 3.05) is 6.54 Å². The van der Waals surface area contributed by atoms with Crippen LogP contribution in [-0.2, 0) is 0 Å². The summed E-state index contributed by atoms with van der Waals surface area (Å²) < 4.78 is 5.14. The average Bonchev–Trinajstić information content (AvgIpc) is 2.47. The highest BCUT2D eigenvalue weighted by atomic mass is 16.4. The van der Waals surface area contributed by atoms with Crippen LogP contribution in [0.3, 0.4) is 0 Å². The molecule has 1 heterocycles. The Morgan fingerprint density at radius 2 is 2.50 bits per heavy atom. The van der Waals surface area contributed by atoms with E-state index in [9.17, 15) is 5.11 Å². The molecule has 0 aromatic carbocycles. The number of aromatic nitrogens is 1. The second kappa shape index (κ2) is 4.23. The zero-order chi connectivity index (χ0) is 8.97. The largest absolute Gasteiger partial charge is 0.443 e. The van der Waals surface area contributed by atoms with Crippen LogP contribution in [0.15, 0.2) is 10.6 Å². The third-order valence-electron chi connectivity index (χ3n) is 1.65. The number of aliphatic hydroxyl groups is 1. The van der Waals surface area contributed by atoms with E-state index in [0.29, 0.717) is 24.6 Å². The Morgan fingerprint density at radius 3 is 3.00 bits per heavy atom. The summed E-state index contributed by atoms with van der Waals surface area (Å²) in [7, 11) is 0. The summed E-state index contributed by atoms with van der Waals surface area (Å²) in [6.45, 7) is 2.34. The van der Waals surface area contributed by atoms with Crippen LogP contribution in [0, 0.1) is 6.92 Å². The van der Waals surface area contributed by atoms with Gasteiger partial charge in [0.2, 0.25) is 0 Å². The molecule has 1 rings (SSSR count). The monoisotopic (exact) mass is 170 g/mol. The van der Waals surface area contributed by atoms with E-state index in [4.69, 9.17) is 10.2 Å². The number of rotatable bonds is 4. The number of hydrogen-bond acceptors (Lipinski definition) is 4. The maximum absolute atomic E-state index is 9.48. The van der Waals surface area contributed by atoms with Gasteiger partial charge in [0, 0.05) is 6.92 Å². The second-order valence-corrected chi connectivity index (χ2v) is 2.73. The summed E-state index contributed by atoms with van der Waals surface area (Å²) in [6.07, 6.45) is 2.41. The third-order valence-corrected chi connectivity index (χ3v) is 1.65. The first-order valence-corrected chi connectivity index (χ1v) is 4.04. The van der Waals surface area contributed by atoms with E-state index in [2.05, 4.69) is 4.98 Å². The van der Waals surface area contributed by atoms with Crippen molar-refractivity contribution in [1.82, 2.24) is 4.98 Å². The lowest BCUT2D eigenvalue weighted by atomic mass is 10.2. The van der Waals surface area contributed by atoms with Crippen molar-refractivity contribution >= 4 is 0 Å². The Labute approximate surface area is 71.4 Å². The van der Waals surface area contributed by atoms with Crippen molar-refractivity contribution in [1.29, 1.82) is 0 Å². The molecule has 1 unspecified atom stereocenters. The highest BCUT2D eigenvalue weighted by Gasteiger charge is 2.10. The van der Waals surface area contributed by atoms with Crippen LogP contribution in [0.25, 0.3) is 0 Å². The van der Waals surface area contributed by atoms with Gasteiger partial charge in [-0.05, 0) is 19.4 Å². The molecule has 68 valence electrons. The Morgan fingerprint density at radius 1 is 1.75 bits per heavy atom. The Bertz CT molecular complexity index is 235. The fourth-order valence-corrected chi connectivity index (χ4v) is 0.985. The molecule has 0 saturated heterocycles. The lowest BCUT2D eigenvalue weighted by Crippen LogP contribution is -2.02. The molecule has 0 amide bonds. The smallest absolute Gasteiger partial charge is 0.191 e. The van der Waals surface area contributed by atoms with Gasteiger partial charge in [-0.15, -0.1) is 0 Å². The van der Waals surface area contributed by atoms with Crippen molar-refractivity contribution in [2.45, 2.75) is 25.9 Å². The zero-order valence-corrected chi connectivity index (χ0v) is 7.16. The van der Waals surface area contributed by atoms with E-state index >= 15 is 0 Å². The summed E-state index contributed by atoms with van der Waals surface area (Å²) >= 11 is 0. The molecule has 4 heteroatoms. The predicted molar refractivity (Wildman–Crippen MR) is 44.5 cm³/mol. The molecule has 1 atom stereocenters. The number of hydrogen-bond donors (Lipinski definition) is 2. The van der Waals surface area contributed by atoms with Gasteiger partial charge in [0.15, 0.2) is 11.7 Å². The van der Waals surface area contributed by atoms with Gasteiger partial charge in [-0.25, -0.2) is 4.98 Å². The molecule has 1 aromatic heterocycles. The van der Waals surface area contributed by atoms with Crippen LogP contribution in [0.5, 0.6) is 0 Å². The summed E-state index contributed by atoms with van der Waals surface area (Å²) in [6, 6.07) is 0. The van der Waals surface area contributed by atoms with Gasteiger partial charge in [-0.2, -0.15) is 0 Å². The van der Waals surface area contributed by atoms with Gasteiger partial charge < -0.3 is 15.3 Å². The molecule has 3 N–H and O–H groups in total. The van der Waals surface area contributed by atoms with Crippen molar-refractivity contribution < 1.29 is 9.52 Å². The highest BCUT2D eigenvalue weighted by Crippen LogP contribution is 2.18. The van der Waals surface area contributed by atoms with Gasteiger partial charge in [0.25, 0.3) is 0 Å². The van der Waals surface area contributed by atoms with Gasteiger partial charge in [-0.1, -0.05) is 0 Å². The normalized spacial score (nSPS) is 13.2. The first kappa shape index (κ1) is 9.22. The van der Waals surface area contributed by atoms with Crippen LogP contribution in [0.4, 0.5) is 0 Å². The van der Waals surface area contributed by atoms with Crippen molar-refractivity contribution in [2.24, 2.45) is 5.73 Å². The fourth-order valence-electron chi connectivity index (χ4n) is 0.985. The standard InChI is InChI=1S/C8H14N2O2/c1-6-10-5-8(12-6)7(11)3-2-4-9/h5,7,11H,2-4,9H2,1H3. The van der Waals surface area contributed by atoms with E-state index < -0.39 is 6.10 Å². The molecular formula is C8H14N2O2. The molecule has 12 heavy (non-hydrogen) atoms. The Kier molecular flexibility index (Phi) is 3.25. The van der Waals surface area contributed by atoms with Crippen LogP contribution in [0.1, 0.15) is 30.6 Å². The summed E-state index contributed by atoms with van der Waals surface area (Å²) in [5.41, 5.74) is 5.30. The minimum absolute atomic E-state index is 0.529. The Hall–Kier alpha value is -0.870. The lowest BCUT2D eigenvalue weighted by Gasteiger charge is -2.04. The predicted octanol–water partition coefficient (Wildman–Crippen LogP) is 0.755. The topological polar surface area (TPSA) is 72.3 Å². The van der Waals surface area contributed by atoms with E-state index in [1.165, 1.54) is 0 Å². The number of nitrogens with two attached hydrogens (primary N) is 1. The van der Waals surface area contributed by atoms with Crippen molar-refractivity contribution in [3.05, 3.63) is 17.8 Å². The van der Waals surface area contributed by atoms with Gasteiger partial charge in [-0.3, -0.25) is 0 Å². The minimum Gasteiger partial charge on any atom is -0.443 e. The van der Waals surface area contributed by atoms with E-state index in [0.717, 1.165) is 6.42 Å². The number of aliphatic hydroxyl groups excluding tert-OH is 1. The van der Waals surface area contributed by atoms with Crippen molar-refractivity contribution in [3.8, 4) is 0 Å². The number of oxazole rings is 1. The molecule has 0 aliphatic heterocycles. The second-order valence-electron chi connectivity index (χ2n) is 2.73. The molecule has 0 saturated carbocycles. The quantitative estimate of drug-likeness (QED) is 0.699. The number of aryl methyl sites for hydroxylation is 1. The van der Waals surface area contributed by atoms with E-state index in [-0.39, 0.29) is 0 Å². The average molecular weight is 170 g/mol. The maximum Gasteiger partial charge on any atom is 0.191 e. The lowest BCUT2D eigenvalue weighted by molar-refractivity contribution is 0.137. The first-order valence-electron chi connectivity index (χ1n) is 4.04. The molecule has 0 aliphatic rings. The first-order chi connectivity index (χ1) is 5.74. The van der Waals surface area contributed by atoms with Gasteiger partial charge >= 0.3 is 0 Å². The fraction of sp³-hybridized carbons (Fsp3) is 0.625. The minimum atomic E-state index is -0.560. The molecule has 1 aromatic rings. The van der Waals surface area contributed by atoms with Crippen molar-refractivity contribution in [3.63, 3.8) is 0 Å². The maximum atomic E-state index is 9.48. The van der Waals surface area contributed by atoms with Gasteiger partial charge in [0.05, 0.1) is 6.20 Å². The molecule has 0 aliphatic carbocycles. The summed E-state index contributed by atoms with van der Waals surface area (Å²) in [5, 5.41) is 9.48. The van der Waals surface area contributed by atoms with Crippen LogP contribution in [0.2, 0.25) is 0 Å². The van der Waals surface area contributed by atoms with Gasteiger partial charge in [0.1, 0.15) is 6.10 Å². The molecule has 4 nitrogen and oxygen atoms in total. The summed E-state index contributed by atoms with van der Waals surface area (Å²) in [5.74, 6) is 1.11. The van der Waals surface area contributed by atoms with Crippen LogP contribution >= 0.6 is 0 Å². The third kappa shape index (κ3) is 2.32. The molecule has 0 bridgehead atoms. The van der Waals surface area contributed by atoms with E-state index in [1.54, 1.807) is 13.1 Å². The molecule has 0 radical (unpaired) electrons. The molecule has 0 spiro atoms. The Balaban J connectivity index is 2.47. The van der Waals surface area contributed by atoms with Crippen LogP contribution in [-0.4, -0.2) is 16.6 Å². The zero-order valence-electron chi connectivity index (χ0n) is 7.16. The highest BCUT2D eigenvalue weighted by molar-refractivity contribution is 4.96. The van der Waals surface area contributed by atoms with E-state index in [1.807, 2.05) is 0 Å².